The second-order valence-corrected chi connectivity index (χ2v) is 4.11. The van der Waals surface area contributed by atoms with Crippen LogP contribution in [0.5, 0.6) is 0 Å². The Morgan fingerprint density at radius 3 is 3.07 bits per heavy atom. The molecule has 0 amide bonds. The number of nitrogens with one attached hydrogen (secondary N) is 1. The maximum Gasteiger partial charge on any atom is 0.165 e. The summed E-state index contributed by atoms with van der Waals surface area (Å²) in [6, 6.07) is 2.15. The van der Waals surface area contributed by atoms with Gasteiger partial charge in [-0.25, -0.2) is 4.98 Å². The van der Waals surface area contributed by atoms with Crippen molar-refractivity contribution in [1.29, 1.82) is 5.26 Å². The van der Waals surface area contributed by atoms with E-state index in [0.29, 0.717) is 6.42 Å². The van der Waals surface area contributed by atoms with Gasteiger partial charge in [0, 0.05) is 24.1 Å². The van der Waals surface area contributed by atoms with Crippen molar-refractivity contribution in [3.05, 3.63) is 11.9 Å². The van der Waals surface area contributed by atoms with E-state index in [4.69, 9.17) is 5.26 Å². The van der Waals surface area contributed by atoms with Gasteiger partial charge in [-0.1, -0.05) is 18.7 Å². The van der Waals surface area contributed by atoms with E-state index in [9.17, 15) is 0 Å². The Balaban J connectivity index is 2.15. The van der Waals surface area contributed by atoms with Crippen LogP contribution in [0.25, 0.3) is 0 Å². The Hall–Kier alpha value is -0.950. The van der Waals surface area contributed by atoms with Crippen LogP contribution in [0.4, 0.5) is 0 Å². The van der Waals surface area contributed by atoms with Crippen molar-refractivity contribution in [3.63, 3.8) is 0 Å². The molecule has 3 nitrogen and oxygen atoms in total. The number of nitriles is 1. The van der Waals surface area contributed by atoms with Crippen LogP contribution < -0.4 is 0 Å². The van der Waals surface area contributed by atoms with Gasteiger partial charge in [0.2, 0.25) is 0 Å². The monoisotopic (exact) mass is 209 g/mol. The fourth-order valence-electron chi connectivity index (χ4n) is 1.07. The van der Waals surface area contributed by atoms with E-state index in [1.165, 1.54) is 5.69 Å². The highest BCUT2D eigenvalue weighted by molar-refractivity contribution is 7.99. The fourth-order valence-corrected chi connectivity index (χ4v) is 1.94. The van der Waals surface area contributed by atoms with Crippen molar-refractivity contribution >= 4 is 11.8 Å². The van der Waals surface area contributed by atoms with E-state index < -0.39 is 0 Å². The zero-order valence-electron chi connectivity index (χ0n) is 8.42. The lowest BCUT2D eigenvalue weighted by molar-refractivity contribution is 0.828. The Kier molecular flexibility index (Phi) is 5.16. The Morgan fingerprint density at radius 1 is 1.57 bits per heavy atom. The summed E-state index contributed by atoms with van der Waals surface area (Å²) in [7, 11) is 0. The summed E-state index contributed by atoms with van der Waals surface area (Å²) in [6.07, 6.45) is 5.63. The lowest BCUT2D eigenvalue weighted by Crippen LogP contribution is -1.83. The molecule has 0 aliphatic carbocycles. The summed E-state index contributed by atoms with van der Waals surface area (Å²) in [6.45, 7) is 2.11. The number of imidazole rings is 1. The number of H-pyrrole nitrogens is 1. The van der Waals surface area contributed by atoms with Crippen molar-refractivity contribution in [3.8, 4) is 6.07 Å². The van der Waals surface area contributed by atoms with E-state index in [1.54, 1.807) is 11.8 Å². The number of nitrogens with zero attached hydrogens (tertiary/aromatic N) is 2. The summed E-state index contributed by atoms with van der Waals surface area (Å²) >= 11 is 1.73. The maximum atomic E-state index is 8.34. The third-order valence-electron chi connectivity index (χ3n) is 1.91. The minimum atomic E-state index is 0.666. The fraction of sp³-hybridized carbons (Fsp3) is 0.600. The first-order chi connectivity index (χ1) is 6.86. The van der Waals surface area contributed by atoms with Crippen LogP contribution in [0.3, 0.4) is 0 Å². The lowest BCUT2D eigenvalue weighted by Gasteiger charge is -1.95. The molecule has 0 aliphatic rings. The van der Waals surface area contributed by atoms with Gasteiger partial charge >= 0.3 is 0 Å². The normalized spacial score (nSPS) is 10.0. The molecule has 0 fully saturated rings. The molecule has 1 rings (SSSR count). The molecular formula is C10H15N3S. The lowest BCUT2D eigenvalue weighted by atomic mass is 10.3. The maximum absolute atomic E-state index is 8.34. The van der Waals surface area contributed by atoms with Gasteiger partial charge in [0.1, 0.15) is 0 Å². The van der Waals surface area contributed by atoms with Crippen molar-refractivity contribution in [2.24, 2.45) is 0 Å². The molecule has 0 bridgehead atoms. The minimum absolute atomic E-state index is 0.666. The molecule has 0 aliphatic heterocycles. The average Bonchev–Trinajstić information content (AvgIpc) is 2.65. The molecule has 0 spiro atoms. The van der Waals surface area contributed by atoms with Crippen molar-refractivity contribution in [2.75, 3.05) is 5.75 Å². The van der Waals surface area contributed by atoms with Gasteiger partial charge < -0.3 is 4.98 Å². The number of aromatic amines is 1. The van der Waals surface area contributed by atoms with Crippen molar-refractivity contribution in [2.45, 2.75) is 37.8 Å². The van der Waals surface area contributed by atoms with Crippen LogP contribution in [0.2, 0.25) is 0 Å². The molecule has 1 aromatic rings. The summed E-state index contributed by atoms with van der Waals surface area (Å²) in [5.41, 5.74) is 1.18. The van der Waals surface area contributed by atoms with Gasteiger partial charge in [0.25, 0.3) is 0 Å². The van der Waals surface area contributed by atoms with Gasteiger partial charge in [-0.15, -0.1) is 0 Å². The predicted octanol–water partition coefficient (Wildman–Crippen LogP) is 2.76. The smallest absolute Gasteiger partial charge is 0.165 e. The van der Waals surface area contributed by atoms with Gasteiger partial charge in [-0.05, 0) is 19.3 Å². The second-order valence-electron chi connectivity index (χ2n) is 3.03. The first kappa shape index (κ1) is 11.1. The van der Waals surface area contributed by atoms with Crippen LogP contribution in [0.15, 0.2) is 11.4 Å². The molecule has 0 aromatic carbocycles. The third kappa shape index (κ3) is 3.84. The molecule has 1 aromatic heterocycles. The first-order valence-electron chi connectivity index (χ1n) is 4.90. The summed E-state index contributed by atoms with van der Waals surface area (Å²) in [4.78, 5) is 7.49. The molecule has 0 radical (unpaired) electrons. The molecule has 0 saturated carbocycles. The van der Waals surface area contributed by atoms with Crippen LogP contribution in [0.1, 0.15) is 31.9 Å². The van der Waals surface area contributed by atoms with Crippen LogP contribution in [-0.4, -0.2) is 15.7 Å². The van der Waals surface area contributed by atoms with Gasteiger partial charge in [-0.3, -0.25) is 0 Å². The van der Waals surface area contributed by atoms with Crippen molar-refractivity contribution < 1.29 is 0 Å². The Labute approximate surface area is 88.9 Å². The van der Waals surface area contributed by atoms with Crippen LogP contribution in [0, 0.1) is 11.3 Å². The summed E-state index contributed by atoms with van der Waals surface area (Å²) in [5, 5.41) is 9.34. The number of aryl methyl sites for hydroxylation is 1. The number of aromatic nitrogens is 2. The zero-order chi connectivity index (χ0) is 10.2. The molecule has 76 valence electrons. The first-order valence-corrected chi connectivity index (χ1v) is 5.89. The molecule has 1 N–H and O–H groups in total. The SMILES string of the molecule is CCc1cnc(SCCCCC#N)[nH]1. The highest BCUT2D eigenvalue weighted by Crippen LogP contribution is 2.15. The Bertz CT molecular complexity index is 301. The number of thioether (sulfide) groups is 1. The van der Waals surface area contributed by atoms with E-state index in [2.05, 4.69) is 23.0 Å². The standard InChI is InChI=1S/C10H15N3S/c1-2-9-8-12-10(13-9)14-7-5-3-4-6-11/h8H,2-5,7H2,1H3,(H,12,13). The van der Waals surface area contributed by atoms with E-state index in [-0.39, 0.29) is 0 Å². The van der Waals surface area contributed by atoms with Crippen molar-refractivity contribution in [1.82, 2.24) is 9.97 Å². The average molecular weight is 209 g/mol. The molecule has 4 heteroatoms. The molecule has 0 saturated heterocycles. The molecule has 14 heavy (non-hydrogen) atoms. The van der Waals surface area contributed by atoms with Crippen LogP contribution in [-0.2, 0) is 6.42 Å². The van der Waals surface area contributed by atoms with E-state index >= 15 is 0 Å². The number of unbranched alkanes of at least 4 members (excludes halogenated alkanes) is 2. The van der Waals surface area contributed by atoms with Crippen LogP contribution >= 0.6 is 11.8 Å². The topological polar surface area (TPSA) is 52.5 Å². The summed E-state index contributed by atoms with van der Waals surface area (Å²) < 4.78 is 0. The molecule has 0 unspecified atom stereocenters. The van der Waals surface area contributed by atoms with Gasteiger partial charge in [0.15, 0.2) is 5.16 Å². The van der Waals surface area contributed by atoms with E-state index in [0.717, 1.165) is 30.2 Å². The minimum Gasteiger partial charge on any atom is -0.337 e. The molecule has 0 atom stereocenters. The molecular weight excluding hydrogens is 194 g/mol. The highest BCUT2D eigenvalue weighted by Gasteiger charge is 1.98. The number of hydrogen-bond donors (Lipinski definition) is 1. The van der Waals surface area contributed by atoms with Gasteiger partial charge in [0.05, 0.1) is 6.07 Å². The number of hydrogen-bond acceptors (Lipinski definition) is 3. The predicted molar refractivity (Wildman–Crippen MR) is 58.2 cm³/mol. The second kappa shape index (κ2) is 6.50. The zero-order valence-corrected chi connectivity index (χ0v) is 9.23. The number of rotatable bonds is 6. The van der Waals surface area contributed by atoms with Gasteiger partial charge in [-0.2, -0.15) is 5.26 Å². The molecule has 1 heterocycles. The summed E-state index contributed by atoms with van der Waals surface area (Å²) in [5.74, 6) is 1.04. The quantitative estimate of drug-likeness (QED) is 0.579. The van der Waals surface area contributed by atoms with E-state index in [1.807, 2.05) is 6.20 Å². The largest absolute Gasteiger partial charge is 0.337 e. The highest BCUT2D eigenvalue weighted by atomic mass is 32.2. The Morgan fingerprint density at radius 2 is 2.43 bits per heavy atom. The third-order valence-corrected chi connectivity index (χ3v) is 2.88.